The van der Waals surface area contributed by atoms with Crippen molar-refractivity contribution in [2.75, 3.05) is 0 Å². The molecule has 0 aliphatic rings. The van der Waals surface area contributed by atoms with E-state index in [-0.39, 0.29) is 16.1 Å². The van der Waals surface area contributed by atoms with E-state index in [1.54, 1.807) is 13.8 Å². The molecule has 1 heterocycles. The molecule has 0 amide bonds. The second-order valence-electron chi connectivity index (χ2n) is 4.33. The fourth-order valence-corrected chi connectivity index (χ4v) is 1.93. The Bertz CT molecular complexity index is 682. The highest BCUT2D eigenvalue weighted by molar-refractivity contribution is 6.30. The standard InChI is InChI=1S/C13H13ClFN3O/c1-7-5-12(19)13(8(2)16)17-18(7)9-3-4-11(15)10(14)6-9/h3-6,8H,16H2,1-2H3. The Labute approximate surface area is 114 Å². The average Bonchev–Trinajstić information content (AvgIpc) is 2.32. The van der Waals surface area contributed by atoms with Gasteiger partial charge in [-0.15, -0.1) is 0 Å². The molecule has 1 atom stereocenters. The first-order valence-corrected chi connectivity index (χ1v) is 6.10. The fourth-order valence-electron chi connectivity index (χ4n) is 1.75. The molecule has 0 aliphatic carbocycles. The summed E-state index contributed by atoms with van der Waals surface area (Å²) in [5.41, 5.74) is 6.95. The highest BCUT2D eigenvalue weighted by Gasteiger charge is 2.11. The van der Waals surface area contributed by atoms with Crippen molar-refractivity contribution in [2.45, 2.75) is 19.9 Å². The van der Waals surface area contributed by atoms with E-state index < -0.39 is 11.9 Å². The minimum atomic E-state index is -0.503. The van der Waals surface area contributed by atoms with E-state index in [9.17, 15) is 9.18 Å². The number of halogens is 2. The molecule has 6 heteroatoms. The summed E-state index contributed by atoms with van der Waals surface area (Å²) in [6.07, 6.45) is 0. The number of aryl methyl sites for hydroxylation is 1. The zero-order valence-electron chi connectivity index (χ0n) is 10.5. The van der Waals surface area contributed by atoms with E-state index in [0.29, 0.717) is 11.4 Å². The SMILES string of the molecule is Cc1cc(=O)c(C(C)N)nn1-c1ccc(F)c(Cl)c1. The van der Waals surface area contributed by atoms with Crippen LogP contribution >= 0.6 is 11.6 Å². The van der Waals surface area contributed by atoms with Gasteiger partial charge in [0.1, 0.15) is 11.5 Å². The molecule has 2 N–H and O–H groups in total. The first-order valence-electron chi connectivity index (χ1n) is 5.72. The second kappa shape index (κ2) is 5.11. The van der Waals surface area contributed by atoms with Gasteiger partial charge in [0.15, 0.2) is 0 Å². The van der Waals surface area contributed by atoms with Crippen LogP contribution in [0, 0.1) is 12.7 Å². The van der Waals surface area contributed by atoms with Gasteiger partial charge in [-0.1, -0.05) is 11.6 Å². The Morgan fingerprint density at radius 3 is 2.68 bits per heavy atom. The van der Waals surface area contributed by atoms with Crippen LogP contribution in [0.3, 0.4) is 0 Å². The maximum absolute atomic E-state index is 13.2. The zero-order chi connectivity index (χ0) is 14.2. The summed E-state index contributed by atoms with van der Waals surface area (Å²) in [5.74, 6) is -0.503. The summed E-state index contributed by atoms with van der Waals surface area (Å²) in [5, 5.41) is 4.21. The Morgan fingerprint density at radius 1 is 1.42 bits per heavy atom. The van der Waals surface area contributed by atoms with Crippen molar-refractivity contribution < 1.29 is 4.39 Å². The van der Waals surface area contributed by atoms with Gasteiger partial charge in [0, 0.05) is 17.8 Å². The van der Waals surface area contributed by atoms with Gasteiger partial charge >= 0.3 is 0 Å². The maximum atomic E-state index is 13.2. The van der Waals surface area contributed by atoms with Crippen molar-refractivity contribution in [1.82, 2.24) is 9.78 Å². The Balaban J connectivity index is 2.64. The molecule has 1 aromatic heterocycles. The molecule has 0 saturated carbocycles. The van der Waals surface area contributed by atoms with Crippen LogP contribution in [0.2, 0.25) is 5.02 Å². The lowest BCUT2D eigenvalue weighted by Crippen LogP contribution is -2.24. The van der Waals surface area contributed by atoms with Crippen molar-refractivity contribution >= 4 is 11.6 Å². The maximum Gasteiger partial charge on any atom is 0.205 e. The molecule has 1 unspecified atom stereocenters. The minimum absolute atomic E-state index is 0.000234. The Hall–Kier alpha value is -1.72. The van der Waals surface area contributed by atoms with Crippen molar-refractivity contribution in [2.24, 2.45) is 5.73 Å². The largest absolute Gasteiger partial charge is 0.323 e. The van der Waals surface area contributed by atoms with Crippen LogP contribution in [-0.2, 0) is 0 Å². The number of benzene rings is 1. The molecule has 0 bridgehead atoms. The van der Waals surface area contributed by atoms with Crippen molar-refractivity contribution in [3.05, 3.63) is 56.7 Å². The van der Waals surface area contributed by atoms with E-state index in [2.05, 4.69) is 5.10 Å². The third kappa shape index (κ3) is 2.67. The number of nitrogens with two attached hydrogens (primary N) is 1. The molecule has 0 saturated heterocycles. The molecule has 0 radical (unpaired) electrons. The van der Waals surface area contributed by atoms with Gasteiger partial charge in [-0.25, -0.2) is 9.07 Å². The summed E-state index contributed by atoms with van der Waals surface area (Å²) < 4.78 is 14.7. The molecular formula is C13H13ClFN3O. The summed E-state index contributed by atoms with van der Waals surface area (Å²) in [7, 11) is 0. The van der Waals surface area contributed by atoms with Crippen molar-refractivity contribution in [3.8, 4) is 5.69 Å². The van der Waals surface area contributed by atoms with E-state index in [1.807, 2.05) is 0 Å². The van der Waals surface area contributed by atoms with Crippen molar-refractivity contribution in [3.63, 3.8) is 0 Å². The van der Waals surface area contributed by atoms with Gasteiger partial charge in [-0.2, -0.15) is 5.10 Å². The van der Waals surface area contributed by atoms with Crippen molar-refractivity contribution in [1.29, 1.82) is 0 Å². The molecular weight excluding hydrogens is 269 g/mol. The van der Waals surface area contributed by atoms with Crippen LogP contribution in [0.15, 0.2) is 29.1 Å². The van der Waals surface area contributed by atoms with E-state index in [0.717, 1.165) is 0 Å². The predicted molar refractivity (Wildman–Crippen MR) is 72.1 cm³/mol. The van der Waals surface area contributed by atoms with Crippen LogP contribution in [0.1, 0.15) is 24.4 Å². The molecule has 100 valence electrons. The normalized spacial score (nSPS) is 12.5. The number of aromatic nitrogens is 2. The lowest BCUT2D eigenvalue weighted by molar-refractivity contribution is 0.626. The molecule has 2 rings (SSSR count). The number of nitrogens with zero attached hydrogens (tertiary/aromatic N) is 2. The number of hydrogen-bond donors (Lipinski definition) is 1. The molecule has 0 spiro atoms. The smallest absolute Gasteiger partial charge is 0.205 e. The summed E-state index contributed by atoms with van der Waals surface area (Å²) >= 11 is 5.75. The summed E-state index contributed by atoms with van der Waals surface area (Å²) in [4.78, 5) is 11.7. The molecule has 2 aromatic rings. The summed E-state index contributed by atoms with van der Waals surface area (Å²) in [6.45, 7) is 3.41. The Morgan fingerprint density at radius 2 is 2.11 bits per heavy atom. The molecule has 0 fully saturated rings. The molecule has 19 heavy (non-hydrogen) atoms. The predicted octanol–water partition coefficient (Wildman–Crippen LogP) is 2.35. The topological polar surface area (TPSA) is 60.9 Å². The first-order chi connectivity index (χ1) is 8.90. The van der Waals surface area contributed by atoms with E-state index in [4.69, 9.17) is 17.3 Å². The van der Waals surface area contributed by atoms with Gasteiger partial charge in [0.2, 0.25) is 5.43 Å². The van der Waals surface area contributed by atoms with Crippen LogP contribution in [0.5, 0.6) is 0 Å². The quantitative estimate of drug-likeness (QED) is 0.919. The lowest BCUT2D eigenvalue weighted by atomic mass is 10.2. The van der Waals surface area contributed by atoms with E-state index >= 15 is 0 Å². The van der Waals surface area contributed by atoms with Gasteiger partial charge < -0.3 is 5.73 Å². The highest BCUT2D eigenvalue weighted by Crippen LogP contribution is 2.19. The third-order valence-corrected chi connectivity index (χ3v) is 3.00. The monoisotopic (exact) mass is 281 g/mol. The van der Waals surface area contributed by atoms with Crippen LogP contribution in [-0.4, -0.2) is 9.78 Å². The highest BCUT2D eigenvalue weighted by atomic mass is 35.5. The zero-order valence-corrected chi connectivity index (χ0v) is 11.3. The van der Waals surface area contributed by atoms with Gasteiger partial charge in [-0.05, 0) is 32.0 Å². The minimum Gasteiger partial charge on any atom is -0.323 e. The third-order valence-electron chi connectivity index (χ3n) is 2.71. The fraction of sp³-hybridized carbons (Fsp3) is 0.231. The lowest BCUT2D eigenvalue weighted by Gasteiger charge is -2.13. The first kappa shape index (κ1) is 13.7. The van der Waals surface area contributed by atoms with Crippen LogP contribution in [0.4, 0.5) is 4.39 Å². The second-order valence-corrected chi connectivity index (χ2v) is 4.74. The number of hydrogen-bond acceptors (Lipinski definition) is 3. The van der Waals surface area contributed by atoms with Crippen LogP contribution < -0.4 is 11.2 Å². The molecule has 4 nitrogen and oxygen atoms in total. The van der Waals surface area contributed by atoms with E-state index in [1.165, 1.54) is 28.9 Å². The van der Waals surface area contributed by atoms with Crippen LogP contribution in [0.25, 0.3) is 5.69 Å². The molecule has 0 aliphatic heterocycles. The van der Waals surface area contributed by atoms with Gasteiger partial charge in [0.25, 0.3) is 0 Å². The van der Waals surface area contributed by atoms with Gasteiger partial charge in [0.05, 0.1) is 10.7 Å². The number of rotatable bonds is 2. The average molecular weight is 282 g/mol. The summed E-state index contributed by atoms with van der Waals surface area (Å²) in [6, 6.07) is 5.21. The Kier molecular flexibility index (Phi) is 3.68. The van der Waals surface area contributed by atoms with Gasteiger partial charge in [-0.3, -0.25) is 4.79 Å². The molecule has 1 aromatic carbocycles.